The first kappa shape index (κ1) is 10.6. The summed E-state index contributed by atoms with van der Waals surface area (Å²) in [5, 5.41) is 13.3. The van der Waals surface area contributed by atoms with Gasteiger partial charge in [0, 0.05) is 0 Å². The van der Waals surface area contributed by atoms with Gasteiger partial charge in [-0.3, -0.25) is 0 Å². The Bertz CT molecular complexity index is 674. The molecule has 1 aromatic heterocycles. The fraction of sp³-hybridized carbons (Fsp3) is 0. The van der Waals surface area contributed by atoms with Crippen molar-refractivity contribution >= 4 is 27.0 Å². The first-order chi connectivity index (χ1) is 7.39. The molecule has 4 N–H and O–H groups in total. The zero-order valence-electron chi connectivity index (χ0n) is 7.84. The Morgan fingerprint density at radius 1 is 1.44 bits per heavy atom. The van der Waals surface area contributed by atoms with Crippen molar-refractivity contribution in [1.29, 1.82) is 0 Å². The fourth-order valence-corrected chi connectivity index (χ4v) is 1.79. The Morgan fingerprint density at radius 2 is 2.12 bits per heavy atom. The maximum Gasteiger partial charge on any atom is 0.337 e. The van der Waals surface area contributed by atoms with Gasteiger partial charge in [-0.15, -0.1) is 0 Å². The average molecular weight is 241 g/mol. The number of fused-ring (bicyclic) bond motifs is 1. The number of imidazole rings is 1. The molecule has 0 aliphatic rings. The molecular weight excluding hydrogens is 234 g/mol. The molecule has 8 heteroatoms. The van der Waals surface area contributed by atoms with E-state index in [4.69, 9.17) is 10.2 Å². The molecule has 0 radical (unpaired) electrons. The van der Waals surface area contributed by atoms with Crippen LogP contribution in [0.2, 0.25) is 0 Å². The molecule has 0 aliphatic heterocycles. The quantitative estimate of drug-likeness (QED) is 0.677. The highest BCUT2D eigenvalue weighted by atomic mass is 32.2. The number of hydrogen-bond donors (Lipinski definition) is 3. The third-order valence-electron chi connectivity index (χ3n) is 1.99. The van der Waals surface area contributed by atoms with Crippen LogP contribution in [-0.4, -0.2) is 29.5 Å². The second-order valence-corrected chi connectivity index (χ2v) is 4.57. The van der Waals surface area contributed by atoms with Crippen LogP contribution in [0.15, 0.2) is 23.4 Å². The Morgan fingerprint density at radius 3 is 2.69 bits per heavy atom. The van der Waals surface area contributed by atoms with E-state index in [1.165, 1.54) is 18.2 Å². The largest absolute Gasteiger partial charge is 0.478 e. The van der Waals surface area contributed by atoms with Gasteiger partial charge < -0.3 is 10.1 Å². The summed E-state index contributed by atoms with van der Waals surface area (Å²) in [6, 6.07) is 4.33. The van der Waals surface area contributed by atoms with Crippen molar-refractivity contribution < 1.29 is 18.3 Å². The molecule has 0 atom stereocenters. The van der Waals surface area contributed by atoms with E-state index in [1.54, 1.807) is 0 Å². The van der Waals surface area contributed by atoms with Crippen molar-refractivity contribution in [2.75, 3.05) is 0 Å². The minimum atomic E-state index is -3.97. The van der Waals surface area contributed by atoms with Crippen molar-refractivity contribution in [3.8, 4) is 0 Å². The number of carboxylic acids is 1. The van der Waals surface area contributed by atoms with Gasteiger partial charge in [0.2, 0.25) is 5.16 Å². The smallest absolute Gasteiger partial charge is 0.337 e. The number of aromatic carboxylic acids is 1. The Labute approximate surface area is 90.0 Å². The summed E-state index contributed by atoms with van der Waals surface area (Å²) < 4.78 is 22.0. The van der Waals surface area contributed by atoms with Gasteiger partial charge in [-0.25, -0.2) is 23.3 Å². The van der Waals surface area contributed by atoms with Crippen LogP contribution in [0.4, 0.5) is 0 Å². The van der Waals surface area contributed by atoms with Crippen LogP contribution in [0.5, 0.6) is 0 Å². The van der Waals surface area contributed by atoms with Crippen molar-refractivity contribution in [1.82, 2.24) is 9.97 Å². The van der Waals surface area contributed by atoms with Crippen LogP contribution >= 0.6 is 0 Å². The van der Waals surface area contributed by atoms with Gasteiger partial charge in [0.05, 0.1) is 11.1 Å². The predicted molar refractivity (Wildman–Crippen MR) is 54.4 cm³/mol. The summed E-state index contributed by atoms with van der Waals surface area (Å²) in [5.41, 5.74) is 0.298. The van der Waals surface area contributed by atoms with Gasteiger partial charge in [-0.1, -0.05) is 6.07 Å². The number of benzene rings is 1. The van der Waals surface area contributed by atoms with Gasteiger partial charge in [0.25, 0.3) is 10.0 Å². The van der Waals surface area contributed by atoms with Crippen LogP contribution in [-0.2, 0) is 10.0 Å². The summed E-state index contributed by atoms with van der Waals surface area (Å²) in [6.45, 7) is 0. The molecule has 0 fully saturated rings. The van der Waals surface area contributed by atoms with Gasteiger partial charge in [0.15, 0.2) is 0 Å². The number of nitrogens with one attached hydrogen (secondary N) is 1. The molecule has 1 heterocycles. The molecule has 0 saturated carbocycles. The van der Waals surface area contributed by atoms with Gasteiger partial charge >= 0.3 is 5.97 Å². The Hall–Kier alpha value is -1.93. The molecule has 0 saturated heterocycles. The molecule has 7 nitrogen and oxygen atoms in total. The third kappa shape index (κ3) is 1.64. The molecule has 1 aromatic carbocycles. The number of H-pyrrole nitrogens is 1. The molecule has 0 spiro atoms. The summed E-state index contributed by atoms with van der Waals surface area (Å²) in [7, 11) is -3.97. The molecule has 2 aromatic rings. The van der Waals surface area contributed by atoms with E-state index >= 15 is 0 Å². The highest BCUT2D eigenvalue weighted by Gasteiger charge is 2.17. The maximum atomic E-state index is 11.0. The second-order valence-electron chi connectivity index (χ2n) is 3.09. The number of para-hydroxylation sites is 1. The molecular formula is C8H7N3O4S. The van der Waals surface area contributed by atoms with Crippen LogP contribution in [0.25, 0.3) is 11.0 Å². The average Bonchev–Trinajstić information content (AvgIpc) is 2.59. The molecule has 84 valence electrons. The summed E-state index contributed by atoms with van der Waals surface area (Å²) in [4.78, 5) is 16.9. The first-order valence-electron chi connectivity index (χ1n) is 4.14. The molecule has 16 heavy (non-hydrogen) atoms. The molecule has 0 amide bonds. The summed E-state index contributed by atoms with van der Waals surface area (Å²) in [6.07, 6.45) is 0. The standard InChI is InChI=1S/C8H7N3O4S/c9-16(14,15)8-10-5-3-1-2-4(7(12)13)6(5)11-8/h1-3H,(H,10,11)(H,12,13)(H2,9,14,15). The van der Waals surface area contributed by atoms with Crippen LogP contribution in [0.3, 0.4) is 0 Å². The lowest BCUT2D eigenvalue weighted by Crippen LogP contribution is -2.13. The number of aromatic nitrogens is 2. The molecule has 0 bridgehead atoms. The zero-order valence-corrected chi connectivity index (χ0v) is 8.65. The van der Waals surface area contributed by atoms with Gasteiger partial charge in [0.1, 0.15) is 5.52 Å². The number of rotatable bonds is 2. The monoisotopic (exact) mass is 241 g/mol. The minimum absolute atomic E-state index is 0.0685. The van der Waals surface area contributed by atoms with Gasteiger partial charge in [-0.05, 0) is 12.1 Å². The van der Waals surface area contributed by atoms with E-state index in [0.717, 1.165) is 0 Å². The van der Waals surface area contributed by atoms with Crippen molar-refractivity contribution in [3.05, 3.63) is 23.8 Å². The lowest BCUT2D eigenvalue weighted by Gasteiger charge is -1.93. The topological polar surface area (TPSA) is 126 Å². The van der Waals surface area contributed by atoms with Crippen molar-refractivity contribution in [2.24, 2.45) is 5.14 Å². The first-order valence-corrected chi connectivity index (χ1v) is 5.69. The Kier molecular flexibility index (Phi) is 2.17. The van der Waals surface area contributed by atoms with E-state index in [0.29, 0.717) is 5.52 Å². The minimum Gasteiger partial charge on any atom is -0.478 e. The van der Waals surface area contributed by atoms with Gasteiger partial charge in [-0.2, -0.15) is 0 Å². The Balaban J connectivity index is 2.81. The fourth-order valence-electron chi connectivity index (χ4n) is 1.32. The molecule has 0 aliphatic carbocycles. The number of aromatic amines is 1. The summed E-state index contributed by atoms with van der Waals surface area (Å²) in [5.74, 6) is -1.18. The van der Waals surface area contributed by atoms with E-state index in [-0.39, 0.29) is 11.1 Å². The summed E-state index contributed by atoms with van der Waals surface area (Å²) >= 11 is 0. The highest BCUT2D eigenvalue weighted by Crippen LogP contribution is 2.17. The van der Waals surface area contributed by atoms with Crippen LogP contribution < -0.4 is 5.14 Å². The second kappa shape index (κ2) is 3.29. The van der Waals surface area contributed by atoms with E-state index < -0.39 is 21.1 Å². The highest BCUT2D eigenvalue weighted by molar-refractivity contribution is 7.89. The molecule has 2 rings (SSSR count). The van der Waals surface area contributed by atoms with Crippen molar-refractivity contribution in [2.45, 2.75) is 5.16 Å². The third-order valence-corrected chi connectivity index (χ3v) is 2.72. The number of nitrogens with two attached hydrogens (primary N) is 1. The number of nitrogens with zero attached hydrogens (tertiary/aromatic N) is 1. The number of hydrogen-bond acceptors (Lipinski definition) is 4. The zero-order chi connectivity index (χ0) is 11.9. The molecule has 0 unspecified atom stereocenters. The number of carbonyl (C=O) groups is 1. The van der Waals surface area contributed by atoms with Crippen molar-refractivity contribution in [3.63, 3.8) is 0 Å². The van der Waals surface area contributed by atoms with E-state index in [2.05, 4.69) is 9.97 Å². The SMILES string of the molecule is NS(=O)(=O)c1nc2c(C(=O)O)cccc2[nH]1. The number of carboxylic acid groups (broad SMARTS) is 1. The lowest BCUT2D eigenvalue weighted by molar-refractivity contribution is 0.0699. The number of primary sulfonamides is 1. The predicted octanol–water partition coefficient (Wildman–Crippen LogP) is -0.0915. The van der Waals surface area contributed by atoms with E-state index in [1.807, 2.05) is 0 Å². The van der Waals surface area contributed by atoms with Crippen LogP contribution in [0.1, 0.15) is 10.4 Å². The number of sulfonamides is 1. The normalized spacial score (nSPS) is 11.8. The van der Waals surface area contributed by atoms with Crippen LogP contribution in [0, 0.1) is 0 Å². The maximum absolute atomic E-state index is 11.0. The lowest BCUT2D eigenvalue weighted by atomic mass is 10.2. The van der Waals surface area contributed by atoms with E-state index in [9.17, 15) is 13.2 Å².